The third-order valence-electron chi connectivity index (χ3n) is 2.08. The van der Waals surface area contributed by atoms with Gasteiger partial charge in [0.1, 0.15) is 0 Å². The van der Waals surface area contributed by atoms with Crippen molar-refractivity contribution in [3.05, 3.63) is 34.7 Å². The van der Waals surface area contributed by atoms with Gasteiger partial charge in [-0.15, -0.1) is 0 Å². The first kappa shape index (κ1) is 12.8. The molecule has 0 spiro atoms. The summed E-state index contributed by atoms with van der Waals surface area (Å²) in [6, 6.07) is 5.49. The first-order chi connectivity index (χ1) is 8.87. The molecule has 1 aromatic heterocycles. The molecule has 0 fully saturated rings. The Bertz CT molecular complexity index is 752. The van der Waals surface area contributed by atoms with Crippen LogP contribution in [0.25, 0.3) is 0 Å². The van der Waals surface area contributed by atoms with E-state index < -0.39 is 21.7 Å². The van der Waals surface area contributed by atoms with Crippen molar-refractivity contribution in [2.75, 3.05) is 16.2 Å². The molecular weight excluding hydrogens is 272 g/mol. The topological polar surface area (TPSA) is 157 Å². The Morgan fingerprint density at radius 3 is 2.32 bits per heavy atom. The van der Waals surface area contributed by atoms with E-state index in [2.05, 4.69) is 15.0 Å². The van der Waals surface area contributed by atoms with Crippen LogP contribution in [0.3, 0.4) is 0 Å². The number of H-pyrrole nitrogens is 1. The number of sulfonamides is 1. The van der Waals surface area contributed by atoms with Gasteiger partial charge in [-0.1, -0.05) is 0 Å². The fourth-order valence-electron chi connectivity index (χ4n) is 1.27. The van der Waals surface area contributed by atoms with Crippen LogP contribution in [0.1, 0.15) is 0 Å². The van der Waals surface area contributed by atoms with Crippen LogP contribution in [0.4, 0.5) is 17.6 Å². The van der Waals surface area contributed by atoms with Gasteiger partial charge in [0, 0.05) is 5.69 Å². The van der Waals surface area contributed by atoms with Gasteiger partial charge in [0.2, 0.25) is 11.9 Å². The molecule has 2 aromatic rings. The fraction of sp³-hybridized carbons (Fsp3) is 0. The van der Waals surface area contributed by atoms with E-state index in [1.54, 1.807) is 0 Å². The lowest BCUT2D eigenvalue weighted by molar-refractivity contribution is 0.601. The fourth-order valence-corrected chi connectivity index (χ4v) is 2.22. The summed E-state index contributed by atoms with van der Waals surface area (Å²) in [4.78, 5) is 20.0. The number of benzene rings is 1. The predicted molar refractivity (Wildman–Crippen MR) is 68.7 cm³/mol. The average Bonchev–Trinajstić information content (AvgIpc) is 2.27. The maximum absolute atomic E-state index is 12.0. The molecule has 0 aliphatic heterocycles. The monoisotopic (exact) mass is 282 g/mol. The number of nitrogens with one attached hydrogen (secondary N) is 2. The normalized spacial score (nSPS) is 11.2. The molecule has 0 saturated heterocycles. The summed E-state index contributed by atoms with van der Waals surface area (Å²) >= 11 is 0. The van der Waals surface area contributed by atoms with E-state index in [4.69, 9.17) is 11.5 Å². The van der Waals surface area contributed by atoms with Gasteiger partial charge in [0.15, 0.2) is 0 Å². The largest absolute Gasteiger partial charge is 0.399 e. The zero-order valence-corrected chi connectivity index (χ0v) is 10.3. The minimum Gasteiger partial charge on any atom is -0.399 e. The van der Waals surface area contributed by atoms with Gasteiger partial charge in [-0.3, -0.25) is 4.98 Å². The number of rotatable bonds is 3. The molecule has 0 aliphatic rings. The number of aromatic nitrogens is 3. The van der Waals surface area contributed by atoms with Crippen LogP contribution in [0.15, 0.2) is 34.0 Å². The number of nitrogens with two attached hydrogens (primary N) is 2. The average molecular weight is 282 g/mol. The molecule has 0 amide bonds. The van der Waals surface area contributed by atoms with Gasteiger partial charge >= 0.3 is 5.69 Å². The summed E-state index contributed by atoms with van der Waals surface area (Å²) < 4.78 is 25.9. The standard InChI is InChI=1S/C9H10N6O3S/c10-5-1-3-6(4-2-5)19(17,18)15-8-12-7(11)13-9(16)14-8/h1-4H,10H2,(H4,11,12,13,14,15,16). The van der Waals surface area contributed by atoms with Crippen molar-refractivity contribution in [3.8, 4) is 0 Å². The van der Waals surface area contributed by atoms with Crippen LogP contribution in [0.5, 0.6) is 0 Å². The molecule has 2 rings (SSSR count). The Labute approximate surface area is 107 Å². The van der Waals surface area contributed by atoms with Crippen LogP contribution in [-0.2, 0) is 10.0 Å². The Morgan fingerprint density at radius 1 is 1.11 bits per heavy atom. The highest BCUT2D eigenvalue weighted by Gasteiger charge is 2.16. The van der Waals surface area contributed by atoms with Crippen molar-refractivity contribution < 1.29 is 8.42 Å². The molecule has 10 heteroatoms. The van der Waals surface area contributed by atoms with Crippen LogP contribution in [-0.4, -0.2) is 23.4 Å². The number of anilines is 3. The molecule has 9 nitrogen and oxygen atoms in total. The van der Waals surface area contributed by atoms with Crippen molar-refractivity contribution in [1.82, 2.24) is 15.0 Å². The van der Waals surface area contributed by atoms with Gasteiger partial charge in [0.25, 0.3) is 10.0 Å². The highest BCUT2D eigenvalue weighted by molar-refractivity contribution is 7.92. The van der Waals surface area contributed by atoms with Crippen molar-refractivity contribution in [2.45, 2.75) is 4.90 Å². The predicted octanol–water partition coefficient (Wildman–Crippen LogP) is -0.870. The maximum atomic E-state index is 12.0. The second-order valence-electron chi connectivity index (χ2n) is 3.54. The van der Waals surface area contributed by atoms with Crippen molar-refractivity contribution >= 4 is 27.6 Å². The first-order valence-corrected chi connectivity index (χ1v) is 6.47. The van der Waals surface area contributed by atoms with Gasteiger partial charge in [0.05, 0.1) is 4.90 Å². The molecule has 1 heterocycles. The number of hydrogen-bond donors (Lipinski definition) is 4. The Kier molecular flexibility index (Phi) is 3.09. The zero-order valence-electron chi connectivity index (χ0n) is 9.49. The van der Waals surface area contributed by atoms with E-state index >= 15 is 0 Å². The van der Waals surface area contributed by atoms with E-state index in [9.17, 15) is 13.2 Å². The van der Waals surface area contributed by atoms with E-state index in [0.717, 1.165) is 0 Å². The third kappa shape index (κ3) is 2.98. The highest BCUT2D eigenvalue weighted by Crippen LogP contribution is 2.14. The van der Waals surface area contributed by atoms with Gasteiger partial charge in [-0.25, -0.2) is 17.9 Å². The Hall–Kier alpha value is -2.62. The molecule has 0 saturated carbocycles. The lowest BCUT2D eigenvalue weighted by Crippen LogP contribution is -2.21. The van der Waals surface area contributed by atoms with Crippen LogP contribution in [0.2, 0.25) is 0 Å². The molecule has 0 bridgehead atoms. The zero-order chi connectivity index (χ0) is 14.0. The summed E-state index contributed by atoms with van der Waals surface area (Å²) in [6.07, 6.45) is 0. The first-order valence-electron chi connectivity index (χ1n) is 4.99. The molecule has 0 unspecified atom stereocenters. The summed E-state index contributed by atoms with van der Waals surface area (Å²) in [5.74, 6) is -0.645. The van der Waals surface area contributed by atoms with Crippen LogP contribution in [0, 0.1) is 0 Å². The van der Waals surface area contributed by atoms with E-state index in [1.807, 2.05) is 4.72 Å². The van der Waals surface area contributed by atoms with Gasteiger partial charge in [-0.2, -0.15) is 9.97 Å². The van der Waals surface area contributed by atoms with Gasteiger partial charge < -0.3 is 11.5 Å². The van der Waals surface area contributed by atoms with Gasteiger partial charge in [-0.05, 0) is 24.3 Å². The van der Waals surface area contributed by atoms with Crippen molar-refractivity contribution in [2.24, 2.45) is 0 Å². The van der Waals surface area contributed by atoms with E-state index in [-0.39, 0.29) is 10.8 Å². The molecule has 19 heavy (non-hydrogen) atoms. The molecule has 0 aliphatic carbocycles. The van der Waals surface area contributed by atoms with Crippen molar-refractivity contribution in [1.29, 1.82) is 0 Å². The third-order valence-corrected chi connectivity index (χ3v) is 3.43. The van der Waals surface area contributed by atoms with Crippen molar-refractivity contribution in [3.63, 3.8) is 0 Å². The summed E-state index contributed by atoms with van der Waals surface area (Å²) in [5, 5.41) is 0. The number of nitrogen functional groups attached to an aromatic ring is 2. The molecular formula is C9H10N6O3S. The second-order valence-corrected chi connectivity index (χ2v) is 5.22. The Balaban J connectivity index is 2.36. The summed E-state index contributed by atoms with van der Waals surface area (Å²) in [5.41, 5.74) is 10.4. The van der Waals surface area contributed by atoms with Crippen LogP contribution < -0.4 is 21.9 Å². The number of aromatic amines is 1. The van der Waals surface area contributed by atoms with E-state index in [0.29, 0.717) is 5.69 Å². The highest BCUT2D eigenvalue weighted by atomic mass is 32.2. The molecule has 100 valence electrons. The van der Waals surface area contributed by atoms with Crippen LogP contribution >= 0.6 is 0 Å². The smallest absolute Gasteiger partial charge is 0.351 e. The second kappa shape index (κ2) is 4.57. The number of nitrogens with zero attached hydrogens (tertiary/aromatic N) is 2. The molecule has 1 aromatic carbocycles. The minimum absolute atomic E-state index is 0.0378. The lowest BCUT2D eigenvalue weighted by atomic mass is 10.3. The molecule has 6 N–H and O–H groups in total. The molecule has 0 radical (unpaired) electrons. The maximum Gasteiger partial charge on any atom is 0.351 e. The summed E-state index contributed by atoms with van der Waals surface area (Å²) in [7, 11) is -3.90. The Morgan fingerprint density at radius 2 is 1.74 bits per heavy atom. The SMILES string of the molecule is Nc1ccc(S(=O)(=O)Nc2nc(N)[nH]c(=O)n2)cc1. The molecule has 0 atom stereocenters. The minimum atomic E-state index is -3.90. The number of hydrogen-bond acceptors (Lipinski definition) is 7. The quantitative estimate of drug-likeness (QED) is 0.533. The van der Waals surface area contributed by atoms with E-state index in [1.165, 1.54) is 24.3 Å². The lowest BCUT2D eigenvalue weighted by Gasteiger charge is -2.06. The summed E-state index contributed by atoms with van der Waals surface area (Å²) in [6.45, 7) is 0.